The predicted octanol–water partition coefficient (Wildman–Crippen LogP) is 2.79. The van der Waals surface area contributed by atoms with Crippen LogP contribution >= 0.6 is 0 Å². The maximum absolute atomic E-state index is 12.0. The highest BCUT2D eigenvalue weighted by Gasteiger charge is 2.11. The van der Waals surface area contributed by atoms with Gasteiger partial charge >= 0.3 is 0 Å². The topological polar surface area (TPSA) is 42.2 Å². The second-order valence-corrected chi connectivity index (χ2v) is 4.17. The third-order valence-corrected chi connectivity index (χ3v) is 2.93. The first-order chi connectivity index (χ1) is 8.65. The van der Waals surface area contributed by atoms with Gasteiger partial charge in [0.25, 0.3) is 5.56 Å². The van der Waals surface area contributed by atoms with Crippen molar-refractivity contribution in [2.45, 2.75) is 13.3 Å². The van der Waals surface area contributed by atoms with Crippen LogP contribution in [-0.4, -0.2) is 9.94 Å². The highest BCUT2D eigenvalue weighted by Crippen LogP contribution is 2.19. The van der Waals surface area contributed by atoms with Crippen molar-refractivity contribution >= 4 is 0 Å². The Labute approximate surface area is 106 Å². The van der Waals surface area contributed by atoms with Gasteiger partial charge in [0, 0.05) is 11.1 Å². The number of aromatic nitrogens is 1. The lowest BCUT2D eigenvalue weighted by atomic mass is 10.0. The Kier molecular flexibility index (Phi) is 3.33. The summed E-state index contributed by atoms with van der Waals surface area (Å²) in [6, 6.07) is 11.2. The molecule has 1 aromatic heterocycles. The number of hydrogen-bond acceptors (Lipinski definition) is 2. The number of nitrogens with zero attached hydrogens (tertiary/aromatic N) is 1. The molecule has 0 spiro atoms. The lowest BCUT2D eigenvalue weighted by molar-refractivity contribution is 0.178. The molecule has 0 amide bonds. The van der Waals surface area contributed by atoms with Crippen molar-refractivity contribution in [2.75, 3.05) is 0 Å². The molecular weight excluding hydrogens is 226 g/mol. The average Bonchev–Trinajstić information content (AvgIpc) is 2.40. The maximum Gasteiger partial charge on any atom is 0.287 e. The Bertz CT molecular complexity index is 627. The number of allylic oxidation sites excluding steroid dienone is 1. The molecule has 1 N–H and O–H groups in total. The summed E-state index contributed by atoms with van der Waals surface area (Å²) < 4.78 is 0.709. The van der Waals surface area contributed by atoms with Crippen molar-refractivity contribution in [2.24, 2.45) is 0 Å². The fourth-order valence-corrected chi connectivity index (χ4v) is 1.97. The molecule has 0 atom stereocenters. The molecule has 1 heterocycles. The van der Waals surface area contributed by atoms with Crippen molar-refractivity contribution in [3.8, 4) is 11.3 Å². The van der Waals surface area contributed by atoms with Gasteiger partial charge in [-0.2, -0.15) is 0 Å². The van der Waals surface area contributed by atoms with Crippen LogP contribution in [0.15, 0.2) is 53.8 Å². The zero-order valence-electron chi connectivity index (χ0n) is 10.3. The normalized spacial score (nSPS) is 10.3. The summed E-state index contributed by atoms with van der Waals surface area (Å²) in [5.74, 6) is 0. The molecule has 0 fully saturated rings. The molecule has 0 bridgehead atoms. The molecular formula is C15H15NO2. The monoisotopic (exact) mass is 241 g/mol. The second-order valence-electron chi connectivity index (χ2n) is 4.17. The van der Waals surface area contributed by atoms with E-state index in [0.29, 0.717) is 22.4 Å². The van der Waals surface area contributed by atoms with Crippen LogP contribution in [-0.2, 0) is 6.42 Å². The van der Waals surface area contributed by atoms with E-state index in [9.17, 15) is 10.0 Å². The van der Waals surface area contributed by atoms with E-state index in [1.54, 1.807) is 6.08 Å². The van der Waals surface area contributed by atoms with Crippen molar-refractivity contribution < 1.29 is 5.21 Å². The second kappa shape index (κ2) is 4.92. The summed E-state index contributed by atoms with van der Waals surface area (Å²) in [5.41, 5.74) is 2.38. The van der Waals surface area contributed by atoms with E-state index in [2.05, 4.69) is 6.58 Å². The molecule has 0 aliphatic rings. The number of hydrogen-bond donors (Lipinski definition) is 1. The number of aryl methyl sites for hydroxylation is 1. The zero-order valence-corrected chi connectivity index (χ0v) is 10.3. The molecule has 0 aliphatic heterocycles. The average molecular weight is 241 g/mol. The molecule has 2 aromatic rings. The molecule has 92 valence electrons. The minimum absolute atomic E-state index is 0.381. The van der Waals surface area contributed by atoms with Crippen molar-refractivity contribution in [3.05, 3.63) is 70.5 Å². The third kappa shape index (κ3) is 2.07. The fraction of sp³-hybridized carbons (Fsp3) is 0.133. The van der Waals surface area contributed by atoms with Gasteiger partial charge in [0.15, 0.2) is 0 Å². The van der Waals surface area contributed by atoms with E-state index in [4.69, 9.17) is 0 Å². The standard InChI is InChI=1S/C15H15NO2/c1-3-7-13-11(2)10-14(16(18)15(13)17)12-8-5-4-6-9-12/h3-6,8-10,18H,1,7H2,2H3. The first kappa shape index (κ1) is 12.2. The highest BCUT2D eigenvalue weighted by molar-refractivity contribution is 5.60. The van der Waals surface area contributed by atoms with E-state index in [0.717, 1.165) is 11.1 Å². The lowest BCUT2D eigenvalue weighted by Gasteiger charge is -2.11. The number of benzene rings is 1. The SMILES string of the molecule is C=CCc1c(C)cc(-c2ccccc2)n(O)c1=O. The first-order valence-electron chi connectivity index (χ1n) is 5.76. The van der Waals surface area contributed by atoms with Crippen LogP contribution in [0.1, 0.15) is 11.1 Å². The van der Waals surface area contributed by atoms with Crippen molar-refractivity contribution in [1.29, 1.82) is 0 Å². The van der Waals surface area contributed by atoms with Gasteiger partial charge in [0.1, 0.15) is 0 Å². The van der Waals surface area contributed by atoms with E-state index in [1.165, 1.54) is 0 Å². The number of rotatable bonds is 3. The van der Waals surface area contributed by atoms with Crippen LogP contribution in [0.5, 0.6) is 0 Å². The molecule has 0 radical (unpaired) electrons. The number of pyridine rings is 1. The van der Waals surface area contributed by atoms with Crippen LogP contribution in [0.25, 0.3) is 11.3 Å². The Morgan fingerprint density at radius 2 is 2.00 bits per heavy atom. The van der Waals surface area contributed by atoms with Gasteiger partial charge in [0.05, 0.1) is 5.69 Å². The maximum atomic E-state index is 12.0. The van der Waals surface area contributed by atoms with Gasteiger partial charge in [-0.3, -0.25) is 4.79 Å². The molecule has 0 saturated carbocycles. The van der Waals surface area contributed by atoms with E-state index < -0.39 is 0 Å². The highest BCUT2D eigenvalue weighted by atomic mass is 16.5. The Balaban J connectivity index is 2.66. The molecule has 1 aromatic carbocycles. The van der Waals surface area contributed by atoms with Gasteiger partial charge in [-0.05, 0) is 25.0 Å². The summed E-state index contributed by atoms with van der Waals surface area (Å²) in [7, 11) is 0. The molecule has 0 unspecified atom stereocenters. The van der Waals surface area contributed by atoms with Crippen LogP contribution < -0.4 is 5.56 Å². The Morgan fingerprint density at radius 3 is 2.61 bits per heavy atom. The molecule has 18 heavy (non-hydrogen) atoms. The Morgan fingerprint density at radius 1 is 1.33 bits per heavy atom. The molecule has 3 nitrogen and oxygen atoms in total. The molecule has 0 aliphatic carbocycles. The molecule has 0 saturated heterocycles. The summed E-state index contributed by atoms with van der Waals surface area (Å²) in [4.78, 5) is 12.0. The summed E-state index contributed by atoms with van der Waals surface area (Å²) in [5, 5.41) is 9.95. The van der Waals surface area contributed by atoms with Crippen molar-refractivity contribution in [3.63, 3.8) is 0 Å². The van der Waals surface area contributed by atoms with Gasteiger partial charge < -0.3 is 5.21 Å². The largest absolute Gasteiger partial charge is 0.425 e. The van der Waals surface area contributed by atoms with Gasteiger partial charge in [-0.25, -0.2) is 0 Å². The fourth-order valence-electron chi connectivity index (χ4n) is 1.97. The van der Waals surface area contributed by atoms with Crippen LogP contribution in [0.3, 0.4) is 0 Å². The van der Waals surface area contributed by atoms with Crippen LogP contribution in [0.4, 0.5) is 0 Å². The quantitative estimate of drug-likeness (QED) is 0.663. The van der Waals surface area contributed by atoms with Gasteiger partial charge in [0.2, 0.25) is 0 Å². The zero-order chi connectivity index (χ0) is 13.1. The summed E-state index contributed by atoms with van der Waals surface area (Å²) >= 11 is 0. The molecule has 3 heteroatoms. The lowest BCUT2D eigenvalue weighted by Crippen LogP contribution is -2.24. The first-order valence-corrected chi connectivity index (χ1v) is 5.76. The van der Waals surface area contributed by atoms with E-state index in [1.807, 2.05) is 43.3 Å². The summed E-state index contributed by atoms with van der Waals surface area (Å²) in [6.07, 6.45) is 2.12. The van der Waals surface area contributed by atoms with Crippen LogP contribution in [0, 0.1) is 6.92 Å². The van der Waals surface area contributed by atoms with Crippen LogP contribution in [0.2, 0.25) is 0 Å². The smallest absolute Gasteiger partial charge is 0.287 e. The predicted molar refractivity (Wildman–Crippen MR) is 72.0 cm³/mol. The van der Waals surface area contributed by atoms with Crippen molar-refractivity contribution in [1.82, 2.24) is 4.73 Å². The molecule has 2 rings (SSSR count). The minimum Gasteiger partial charge on any atom is -0.425 e. The summed E-state index contributed by atoms with van der Waals surface area (Å²) in [6.45, 7) is 5.49. The van der Waals surface area contributed by atoms with Gasteiger partial charge in [-0.15, -0.1) is 11.3 Å². The van der Waals surface area contributed by atoms with E-state index >= 15 is 0 Å². The van der Waals surface area contributed by atoms with Gasteiger partial charge in [-0.1, -0.05) is 36.4 Å². The minimum atomic E-state index is -0.381. The van der Waals surface area contributed by atoms with E-state index in [-0.39, 0.29) is 5.56 Å². The third-order valence-electron chi connectivity index (χ3n) is 2.93. The Hall–Kier alpha value is -2.29.